The fourth-order valence-corrected chi connectivity index (χ4v) is 3.46. The van der Waals surface area contributed by atoms with Crippen LogP contribution in [0.1, 0.15) is 28.8 Å². The summed E-state index contributed by atoms with van der Waals surface area (Å²) in [5.41, 5.74) is 0.976. The fourth-order valence-electron chi connectivity index (χ4n) is 3.46. The highest BCUT2D eigenvalue weighted by Gasteiger charge is 2.36. The second-order valence-corrected chi connectivity index (χ2v) is 6.81. The van der Waals surface area contributed by atoms with Gasteiger partial charge in [0, 0.05) is 20.2 Å². The first kappa shape index (κ1) is 18.4. The SMILES string of the molecule is CO[C@@]1(COc2ccccc2)CCCN(Cc2cccc(C(=O)O)c2)C1. The summed E-state index contributed by atoms with van der Waals surface area (Å²) in [5, 5.41) is 9.16. The van der Waals surface area contributed by atoms with Gasteiger partial charge in [-0.15, -0.1) is 0 Å². The topological polar surface area (TPSA) is 59.0 Å². The third-order valence-electron chi connectivity index (χ3n) is 4.88. The summed E-state index contributed by atoms with van der Waals surface area (Å²) in [6.45, 7) is 2.93. The van der Waals surface area contributed by atoms with E-state index >= 15 is 0 Å². The molecule has 1 heterocycles. The van der Waals surface area contributed by atoms with Gasteiger partial charge in [-0.25, -0.2) is 4.79 Å². The lowest BCUT2D eigenvalue weighted by molar-refractivity contribution is -0.0908. The first-order valence-electron chi connectivity index (χ1n) is 8.88. The molecule has 0 aliphatic carbocycles. The standard InChI is InChI=1S/C21H25NO4/c1-25-21(16-26-19-9-3-2-4-10-19)11-6-12-22(15-21)14-17-7-5-8-18(13-17)20(23)24/h2-5,7-10,13H,6,11-12,14-16H2,1H3,(H,23,24)/t21-/m0/s1. The number of ether oxygens (including phenoxy) is 2. The highest BCUT2D eigenvalue weighted by molar-refractivity contribution is 5.87. The molecular formula is C21H25NO4. The number of hydrogen-bond acceptors (Lipinski definition) is 4. The van der Waals surface area contributed by atoms with Gasteiger partial charge in [0.1, 0.15) is 18.0 Å². The number of carboxylic acid groups (broad SMARTS) is 1. The normalized spacial score (nSPS) is 20.7. The van der Waals surface area contributed by atoms with E-state index in [2.05, 4.69) is 4.90 Å². The number of rotatable bonds is 7. The second kappa shape index (κ2) is 8.34. The van der Waals surface area contributed by atoms with Gasteiger partial charge in [0.25, 0.3) is 0 Å². The van der Waals surface area contributed by atoms with Crippen LogP contribution >= 0.6 is 0 Å². The van der Waals surface area contributed by atoms with Gasteiger partial charge in [-0.2, -0.15) is 0 Å². The maximum Gasteiger partial charge on any atom is 0.335 e. The van der Waals surface area contributed by atoms with Crippen LogP contribution in [-0.4, -0.2) is 48.4 Å². The van der Waals surface area contributed by atoms with Crippen molar-refractivity contribution in [3.8, 4) is 5.75 Å². The zero-order valence-electron chi connectivity index (χ0n) is 15.1. The molecule has 3 rings (SSSR count). The molecule has 1 aliphatic heterocycles. The van der Waals surface area contributed by atoms with Gasteiger partial charge < -0.3 is 14.6 Å². The molecule has 1 saturated heterocycles. The van der Waals surface area contributed by atoms with Crippen molar-refractivity contribution in [2.75, 3.05) is 26.8 Å². The van der Waals surface area contributed by atoms with Crippen molar-refractivity contribution in [3.05, 3.63) is 65.7 Å². The Morgan fingerprint density at radius 3 is 2.73 bits per heavy atom. The Labute approximate surface area is 154 Å². The molecule has 1 fully saturated rings. The van der Waals surface area contributed by atoms with Gasteiger partial charge in [0.2, 0.25) is 0 Å². The van der Waals surface area contributed by atoms with Crippen molar-refractivity contribution >= 4 is 5.97 Å². The van der Waals surface area contributed by atoms with E-state index in [0.717, 1.165) is 37.2 Å². The molecule has 0 spiro atoms. The van der Waals surface area contributed by atoms with Crippen LogP contribution in [-0.2, 0) is 11.3 Å². The molecule has 138 valence electrons. The van der Waals surface area contributed by atoms with Crippen molar-refractivity contribution in [2.45, 2.75) is 25.0 Å². The van der Waals surface area contributed by atoms with Crippen molar-refractivity contribution < 1.29 is 19.4 Å². The number of para-hydroxylation sites is 1. The van der Waals surface area contributed by atoms with E-state index in [4.69, 9.17) is 14.6 Å². The second-order valence-electron chi connectivity index (χ2n) is 6.81. The molecule has 26 heavy (non-hydrogen) atoms. The largest absolute Gasteiger partial charge is 0.491 e. The maximum absolute atomic E-state index is 11.2. The predicted molar refractivity (Wildman–Crippen MR) is 99.6 cm³/mol. The van der Waals surface area contributed by atoms with Gasteiger partial charge in [0.15, 0.2) is 0 Å². The van der Waals surface area contributed by atoms with E-state index in [1.54, 1.807) is 25.3 Å². The van der Waals surface area contributed by atoms with Crippen LogP contribution in [0.4, 0.5) is 0 Å². The van der Waals surface area contributed by atoms with Crippen LogP contribution in [0.2, 0.25) is 0 Å². The fraction of sp³-hybridized carbons (Fsp3) is 0.381. The third kappa shape index (κ3) is 4.62. The zero-order valence-corrected chi connectivity index (χ0v) is 15.1. The van der Waals surface area contributed by atoms with Gasteiger partial charge in [0.05, 0.1) is 5.56 Å². The Morgan fingerprint density at radius 2 is 2.00 bits per heavy atom. The maximum atomic E-state index is 11.2. The van der Waals surface area contributed by atoms with Crippen LogP contribution in [0.25, 0.3) is 0 Å². The van der Waals surface area contributed by atoms with Gasteiger partial charge in [-0.05, 0) is 49.2 Å². The first-order valence-corrected chi connectivity index (χ1v) is 8.88. The Balaban J connectivity index is 1.65. The number of likely N-dealkylation sites (tertiary alicyclic amines) is 1. The average Bonchev–Trinajstić information content (AvgIpc) is 2.68. The summed E-state index contributed by atoms with van der Waals surface area (Å²) >= 11 is 0. The van der Waals surface area contributed by atoms with E-state index in [-0.39, 0.29) is 5.60 Å². The molecule has 0 radical (unpaired) electrons. The summed E-state index contributed by atoms with van der Waals surface area (Å²) < 4.78 is 11.8. The number of methoxy groups -OCH3 is 1. The minimum Gasteiger partial charge on any atom is -0.491 e. The minimum atomic E-state index is -0.895. The summed E-state index contributed by atoms with van der Waals surface area (Å²) in [5.74, 6) is -0.0526. The number of piperidine rings is 1. The molecule has 1 N–H and O–H groups in total. The molecule has 0 amide bonds. The predicted octanol–water partition coefficient (Wildman–Crippen LogP) is 3.44. The first-order chi connectivity index (χ1) is 12.6. The molecule has 2 aromatic rings. The molecule has 1 atom stereocenters. The van der Waals surface area contributed by atoms with E-state index < -0.39 is 5.97 Å². The molecule has 2 aromatic carbocycles. The lowest BCUT2D eigenvalue weighted by atomic mass is 9.93. The monoisotopic (exact) mass is 355 g/mol. The van der Waals surface area contributed by atoms with Crippen LogP contribution in [0.3, 0.4) is 0 Å². The summed E-state index contributed by atoms with van der Waals surface area (Å²) in [7, 11) is 1.74. The summed E-state index contributed by atoms with van der Waals surface area (Å²) in [6, 6.07) is 16.9. The van der Waals surface area contributed by atoms with E-state index in [0.29, 0.717) is 18.7 Å². The molecule has 0 saturated carbocycles. The van der Waals surface area contributed by atoms with Gasteiger partial charge >= 0.3 is 5.97 Å². The van der Waals surface area contributed by atoms with Crippen LogP contribution in [0, 0.1) is 0 Å². The molecule has 5 heteroatoms. The summed E-state index contributed by atoms with van der Waals surface area (Å²) in [4.78, 5) is 13.5. The van der Waals surface area contributed by atoms with Crippen molar-refractivity contribution in [3.63, 3.8) is 0 Å². The average molecular weight is 355 g/mol. The van der Waals surface area contributed by atoms with Gasteiger partial charge in [-0.1, -0.05) is 30.3 Å². The highest BCUT2D eigenvalue weighted by Crippen LogP contribution is 2.27. The highest BCUT2D eigenvalue weighted by atomic mass is 16.5. The Kier molecular flexibility index (Phi) is 5.91. The van der Waals surface area contributed by atoms with E-state index in [1.165, 1.54) is 0 Å². The quantitative estimate of drug-likeness (QED) is 0.824. The Morgan fingerprint density at radius 1 is 1.19 bits per heavy atom. The zero-order chi connectivity index (χ0) is 18.4. The molecule has 0 unspecified atom stereocenters. The molecule has 0 bridgehead atoms. The number of carbonyl (C=O) groups is 1. The lowest BCUT2D eigenvalue weighted by Crippen LogP contribution is -2.52. The number of carboxylic acids is 1. The van der Waals surface area contributed by atoms with E-state index in [9.17, 15) is 4.79 Å². The Bertz CT molecular complexity index is 734. The third-order valence-corrected chi connectivity index (χ3v) is 4.88. The molecule has 0 aromatic heterocycles. The number of benzene rings is 2. The molecular weight excluding hydrogens is 330 g/mol. The van der Waals surface area contributed by atoms with Crippen LogP contribution in [0.15, 0.2) is 54.6 Å². The molecule has 1 aliphatic rings. The lowest BCUT2D eigenvalue weighted by Gasteiger charge is -2.41. The minimum absolute atomic E-state index is 0.324. The Hall–Kier alpha value is -2.37. The van der Waals surface area contributed by atoms with E-state index in [1.807, 2.05) is 36.4 Å². The smallest absolute Gasteiger partial charge is 0.335 e. The molecule has 5 nitrogen and oxygen atoms in total. The number of nitrogens with zero attached hydrogens (tertiary/aromatic N) is 1. The van der Waals surface area contributed by atoms with Crippen molar-refractivity contribution in [1.29, 1.82) is 0 Å². The number of aromatic carboxylic acids is 1. The van der Waals surface area contributed by atoms with Crippen molar-refractivity contribution in [2.24, 2.45) is 0 Å². The van der Waals surface area contributed by atoms with Crippen LogP contribution in [0.5, 0.6) is 5.75 Å². The summed E-state index contributed by atoms with van der Waals surface area (Å²) in [6.07, 6.45) is 1.96. The number of hydrogen-bond donors (Lipinski definition) is 1. The van der Waals surface area contributed by atoms with Gasteiger partial charge in [-0.3, -0.25) is 4.90 Å². The van der Waals surface area contributed by atoms with Crippen molar-refractivity contribution in [1.82, 2.24) is 4.90 Å². The van der Waals surface area contributed by atoms with Crippen LogP contribution < -0.4 is 4.74 Å².